The van der Waals surface area contributed by atoms with Crippen molar-refractivity contribution >= 4 is 11.1 Å². The van der Waals surface area contributed by atoms with Crippen LogP contribution in [0.5, 0.6) is 0 Å². The minimum Gasteiger partial charge on any atom is -0.460 e. The fourth-order valence-corrected chi connectivity index (χ4v) is 4.81. The van der Waals surface area contributed by atoms with E-state index in [1.54, 1.807) is 12.6 Å². The van der Waals surface area contributed by atoms with E-state index in [9.17, 15) is 0 Å². The van der Waals surface area contributed by atoms with E-state index in [0.717, 1.165) is 47.2 Å². The molecule has 5 rings (SSSR count). The summed E-state index contributed by atoms with van der Waals surface area (Å²) in [4.78, 5) is 9.12. The first-order chi connectivity index (χ1) is 16.2. The van der Waals surface area contributed by atoms with Crippen LogP contribution in [0.4, 0.5) is 0 Å². The highest BCUT2D eigenvalue weighted by Gasteiger charge is 2.44. The molecule has 1 aliphatic heterocycles. The van der Waals surface area contributed by atoms with Crippen LogP contribution in [0.25, 0.3) is 11.1 Å². The lowest BCUT2D eigenvalue weighted by atomic mass is 9.94. The molecule has 1 saturated heterocycles. The van der Waals surface area contributed by atoms with Gasteiger partial charge in [-0.2, -0.15) is 0 Å². The van der Waals surface area contributed by atoms with Gasteiger partial charge < -0.3 is 13.9 Å². The lowest BCUT2D eigenvalue weighted by Crippen LogP contribution is -2.25. The molecule has 1 aliphatic rings. The molecule has 0 saturated carbocycles. The predicted molar refractivity (Wildman–Crippen MR) is 128 cm³/mol. The summed E-state index contributed by atoms with van der Waals surface area (Å²) in [5.41, 5.74) is 5.90. The number of hydrogen-bond donors (Lipinski definition) is 0. The van der Waals surface area contributed by atoms with Gasteiger partial charge in [0.25, 0.3) is 0 Å². The number of aromatic nitrogens is 2. The van der Waals surface area contributed by atoms with Gasteiger partial charge >= 0.3 is 0 Å². The summed E-state index contributed by atoms with van der Waals surface area (Å²) in [5.74, 6) is 0.271. The molecule has 0 unspecified atom stereocenters. The highest BCUT2D eigenvalue weighted by Crippen LogP contribution is 2.43. The van der Waals surface area contributed by atoms with Gasteiger partial charge in [0.05, 0.1) is 30.8 Å². The first kappa shape index (κ1) is 21.8. The van der Waals surface area contributed by atoms with Gasteiger partial charge in [-0.3, -0.25) is 0 Å². The van der Waals surface area contributed by atoms with Gasteiger partial charge in [-0.05, 0) is 30.4 Å². The standard InChI is InChI=1S/C28H30N2O3/c1-3-24-19(2)26(31-16-21-12-8-5-9-13-21)27(33-24)22-17-32-28-23(29-18-30-25(22)28)15-14-20-10-6-4-7-11-20/h4-13,17-19,24,26-27H,3,14-16H2,1-2H3/t19-,24-,26-,27+/m1/s1. The van der Waals surface area contributed by atoms with Crippen molar-refractivity contribution in [1.82, 2.24) is 9.97 Å². The minimum atomic E-state index is -0.216. The Morgan fingerprint density at radius 3 is 2.36 bits per heavy atom. The number of hydrogen-bond acceptors (Lipinski definition) is 5. The first-order valence-electron chi connectivity index (χ1n) is 11.8. The summed E-state index contributed by atoms with van der Waals surface area (Å²) in [6, 6.07) is 20.7. The third kappa shape index (κ3) is 4.56. The molecule has 4 atom stereocenters. The summed E-state index contributed by atoms with van der Waals surface area (Å²) in [6.07, 6.45) is 5.92. The van der Waals surface area contributed by atoms with E-state index in [4.69, 9.17) is 13.9 Å². The predicted octanol–water partition coefficient (Wildman–Crippen LogP) is 6.08. The third-order valence-corrected chi connectivity index (χ3v) is 6.67. The highest BCUT2D eigenvalue weighted by molar-refractivity contribution is 5.78. The molecule has 0 radical (unpaired) electrons. The molecule has 33 heavy (non-hydrogen) atoms. The minimum absolute atomic E-state index is 0.0707. The van der Waals surface area contributed by atoms with Gasteiger partial charge in [0.2, 0.25) is 0 Å². The number of aryl methyl sites for hydroxylation is 2. The van der Waals surface area contributed by atoms with Crippen LogP contribution in [0.15, 0.2) is 77.7 Å². The van der Waals surface area contributed by atoms with Crippen molar-refractivity contribution in [3.63, 3.8) is 0 Å². The van der Waals surface area contributed by atoms with Crippen molar-refractivity contribution in [2.75, 3.05) is 0 Å². The molecule has 1 fully saturated rings. The monoisotopic (exact) mass is 442 g/mol. The SMILES string of the molecule is CC[C@H]1O[C@@H](c2coc3c(CCc4ccccc4)ncnc23)[C@H](OCc2ccccc2)[C@@H]1C. The Kier molecular flexibility index (Phi) is 6.51. The summed E-state index contributed by atoms with van der Waals surface area (Å²) in [7, 11) is 0. The molecule has 0 spiro atoms. The number of benzene rings is 2. The average Bonchev–Trinajstić information content (AvgIpc) is 3.43. The Balaban J connectivity index is 1.40. The van der Waals surface area contributed by atoms with Gasteiger partial charge in [0, 0.05) is 11.5 Å². The first-order valence-corrected chi connectivity index (χ1v) is 11.8. The number of fused-ring (bicyclic) bond motifs is 1. The maximum atomic E-state index is 6.50. The van der Waals surface area contributed by atoms with E-state index in [1.165, 1.54) is 5.56 Å². The van der Waals surface area contributed by atoms with Crippen molar-refractivity contribution < 1.29 is 13.9 Å². The zero-order valence-electron chi connectivity index (χ0n) is 19.2. The molecule has 2 aromatic carbocycles. The normalized spacial score (nSPS) is 22.7. The Morgan fingerprint density at radius 1 is 0.909 bits per heavy atom. The van der Waals surface area contributed by atoms with Crippen LogP contribution >= 0.6 is 0 Å². The van der Waals surface area contributed by atoms with Crippen molar-refractivity contribution in [3.05, 3.63) is 95.6 Å². The van der Waals surface area contributed by atoms with E-state index in [-0.39, 0.29) is 24.2 Å². The molecule has 5 heteroatoms. The molecule has 5 nitrogen and oxygen atoms in total. The highest BCUT2D eigenvalue weighted by atomic mass is 16.6. The van der Waals surface area contributed by atoms with E-state index in [0.29, 0.717) is 6.61 Å². The van der Waals surface area contributed by atoms with Crippen LogP contribution in [-0.2, 0) is 28.9 Å². The van der Waals surface area contributed by atoms with Crippen molar-refractivity contribution in [3.8, 4) is 0 Å². The number of ether oxygens (including phenoxy) is 2. The van der Waals surface area contributed by atoms with Crippen molar-refractivity contribution in [1.29, 1.82) is 0 Å². The van der Waals surface area contributed by atoms with Crippen molar-refractivity contribution in [2.45, 2.75) is 58.0 Å². The Morgan fingerprint density at radius 2 is 1.64 bits per heavy atom. The lowest BCUT2D eigenvalue weighted by Gasteiger charge is -2.21. The van der Waals surface area contributed by atoms with E-state index in [1.807, 2.05) is 24.3 Å². The number of rotatable bonds is 8. The topological polar surface area (TPSA) is 57.4 Å². The molecule has 3 heterocycles. The van der Waals surface area contributed by atoms with E-state index < -0.39 is 0 Å². The molecule has 0 bridgehead atoms. The van der Waals surface area contributed by atoms with Gasteiger partial charge in [-0.15, -0.1) is 0 Å². The average molecular weight is 443 g/mol. The largest absolute Gasteiger partial charge is 0.460 e. The Labute approximate surface area is 194 Å². The molecular formula is C28H30N2O3. The summed E-state index contributed by atoms with van der Waals surface area (Å²) in [6.45, 7) is 4.93. The van der Waals surface area contributed by atoms with Crippen LogP contribution in [-0.4, -0.2) is 22.2 Å². The number of furan rings is 1. The molecule has 170 valence electrons. The smallest absolute Gasteiger partial charge is 0.174 e. The Hall–Kier alpha value is -3.02. The van der Waals surface area contributed by atoms with E-state index in [2.05, 4.69) is 60.2 Å². The fourth-order valence-electron chi connectivity index (χ4n) is 4.81. The summed E-state index contributed by atoms with van der Waals surface area (Å²) in [5, 5.41) is 0. The van der Waals surface area contributed by atoms with Crippen LogP contribution in [0.1, 0.15) is 48.8 Å². The third-order valence-electron chi connectivity index (χ3n) is 6.67. The summed E-state index contributed by atoms with van der Waals surface area (Å²) >= 11 is 0. The van der Waals surface area contributed by atoms with E-state index >= 15 is 0 Å². The van der Waals surface area contributed by atoms with Crippen molar-refractivity contribution in [2.24, 2.45) is 5.92 Å². The second-order valence-electron chi connectivity index (χ2n) is 8.80. The molecule has 4 aromatic rings. The van der Waals surface area contributed by atoms with Crippen LogP contribution < -0.4 is 0 Å². The molecule has 0 N–H and O–H groups in total. The maximum Gasteiger partial charge on any atom is 0.174 e. The summed E-state index contributed by atoms with van der Waals surface area (Å²) < 4.78 is 19.0. The van der Waals surface area contributed by atoms with Gasteiger partial charge in [-0.25, -0.2) is 9.97 Å². The maximum absolute atomic E-state index is 6.50. The quantitative estimate of drug-likeness (QED) is 0.331. The lowest BCUT2D eigenvalue weighted by molar-refractivity contribution is -0.0334. The van der Waals surface area contributed by atoms with Gasteiger partial charge in [0.1, 0.15) is 17.9 Å². The van der Waals surface area contributed by atoms with Crippen LogP contribution in [0.2, 0.25) is 0 Å². The molecule has 0 amide bonds. The molecule has 2 aromatic heterocycles. The number of nitrogens with zero attached hydrogens (tertiary/aromatic N) is 2. The van der Waals surface area contributed by atoms with Gasteiger partial charge in [-0.1, -0.05) is 74.5 Å². The van der Waals surface area contributed by atoms with Crippen LogP contribution in [0, 0.1) is 5.92 Å². The second-order valence-corrected chi connectivity index (χ2v) is 8.80. The zero-order chi connectivity index (χ0) is 22.6. The van der Waals surface area contributed by atoms with Crippen LogP contribution in [0.3, 0.4) is 0 Å². The fraction of sp³-hybridized carbons (Fsp3) is 0.357. The molecule has 0 aliphatic carbocycles. The Bertz CT molecular complexity index is 1180. The second kappa shape index (κ2) is 9.86. The zero-order valence-corrected chi connectivity index (χ0v) is 19.2. The molecular weight excluding hydrogens is 412 g/mol. The van der Waals surface area contributed by atoms with Gasteiger partial charge in [0.15, 0.2) is 5.58 Å².